The van der Waals surface area contributed by atoms with Gasteiger partial charge >= 0.3 is 12.4 Å². The third-order valence-corrected chi connectivity index (χ3v) is 8.36. The fraction of sp³-hybridized carbons (Fsp3) is 0.188. The van der Waals surface area contributed by atoms with Crippen LogP contribution < -0.4 is 26.4 Å². The number of carbonyl (C=O) groups is 2. The number of nitrogens with one attached hydrogen (secondary N) is 1. The first-order valence-electron chi connectivity index (χ1n) is 13.7. The zero-order valence-corrected chi connectivity index (χ0v) is 23.6. The maximum Gasteiger partial charge on any atom is 0.573 e. The Morgan fingerprint density at radius 2 is 1.30 bits per heavy atom. The normalized spacial score (nSPS) is 18.4. The van der Waals surface area contributed by atoms with Gasteiger partial charge in [-0.05, 0) is 71.8 Å². The molecule has 9 nitrogen and oxygen atoms in total. The summed E-state index contributed by atoms with van der Waals surface area (Å²) >= 11 is 0. The quantitative estimate of drug-likeness (QED) is 0.155. The Morgan fingerprint density at radius 1 is 0.795 bits per heavy atom. The molecular weight excluding hydrogens is 573 g/mol. The van der Waals surface area contributed by atoms with Crippen LogP contribution in [0.1, 0.15) is 36.8 Å². The largest absolute Gasteiger partial charge is 0.573 e. The maximum absolute atomic E-state index is 14.8. The van der Waals surface area contributed by atoms with E-state index in [4.69, 9.17) is 11.5 Å². The van der Waals surface area contributed by atoms with Crippen LogP contribution in [0.15, 0.2) is 85.2 Å². The highest BCUT2D eigenvalue weighted by molar-refractivity contribution is 6.24. The molecule has 3 amide bonds. The molecule has 1 aliphatic rings. The number of hydrogen-bond donors (Lipinski definition) is 3. The predicted octanol–water partition coefficient (Wildman–Crippen LogP) is 6.25. The Bertz CT molecular complexity index is 1830. The Balaban J connectivity index is 1.54. The predicted molar refractivity (Wildman–Crippen MR) is 161 cm³/mol. The van der Waals surface area contributed by atoms with Crippen LogP contribution in [-0.4, -0.2) is 33.8 Å². The first-order chi connectivity index (χ1) is 20.9. The van der Waals surface area contributed by atoms with Gasteiger partial charge < -0.3 is 21.5 Å². The van der Waals surface area contributed by atoms with Crippen LogP contribution in [0.4, 0.5) is 35.0 Å². The Morgan fingerprint density at radius 3 is 1.77 bits per heavy atom. The first kappa shape index (κ1) is 28.7. The lowest BCUT2D eigenvalue weighted by molar-refractivity contribution is -0.274. The molecule has 0 aliphatic carbocycles. The molecule has 2 aromatic heterocycles. The summed E-state index contributed by atoms with van der Waals surface area (Å²) in [6.45, 7) is 3.65. The van der Waals surface area contributed by atoms with Crippen molar-refractivity contribution in [2.24, 2.45) is 0 Å². The molecule has 1 aliphatic heterocycles. The number of alkyl halides is 3. The summed E-state index contributed by atoms with van der Waals surface area (Å²) in [7, 11) is 0. The summed E-state index contributed by atoms with van der Waals surface area (Å²) in [5.74, 6) is -2.46. The molecule has 5 aromatic rings. The van der Waals surface area contributed by atoms with Crippen LogP contribution in [0.25, 0.3) is 21.8 Å². The molecule has 0 bridgehead atoms. The molecule has 0 saturated carbocycles. The molecular formula is C32H27F3N6O3. The molecule has 12 heteroatoms. The lowest BCUT2D eigenvalue weighted by Crippen LogP contribution is -2.55. The summed E-state index contributed by atoms with van der Waals surface area (Å²) in [6, 6.07) is 18.0. The molecule has 0 radical (unpaired) electrons. The number of nitrogens with zero attached hydrogens (tertiary/aromatic N) is 3. The van der Waals surface area contributed by atoms with Crippen LogP contribution in [0, 0.1) is 0 Å². The third kappa shape index (κ3) is 4.59. The van der Waals surface area contributed by atoms with E-state index in [1.807, 2.05) is 13.8 Å². The Hall–Kier alpha value is -5.39. The molecule has 224 valence electrons. The van der Waals surface area contributed by atoms with Crippen LogP contribution in [0.5, 0.6) is 5.75 Å². The van der Waals surface area contributed by atoms with E-state index in [2.05, 4.69) is 20.0 Å². The molecule has 2 unspecified atom stereocenters. The Labute approximate surface area is 249 Å². The minimum Gasteiger partial charge on any atom is -0.406 e. The van der Waals surface area contributed by atoms with E-state index in [1.165, 1.54) is 12.1 Å². The second-order valence-electron chi connectivity index (χ2n) is 10.7. The van der Waals surface area contributed by atoms with E-state index < -0.39 is 41.4 Å². The van der Waals surface area contributed by atoms with Gasteiger partial charge in [-0.1, -0.05) is 26.0 Å². The zero-order chi connectivity index (χ0) is 31.4. The molecule has 1 fully saturated rings. The fourth-order valence-corrected chi connectivity index (χ4v) is 6.29. The average Bonchev–Trinajstić information content (AvgIpc) is 3.26. The topological polar surface area (TPSA) is 136 Å². The number of carbonyl (C=O) groups excluding carboxylic acids is 2. The molecule has 3 heterocycles. The van der Waals surface area contributed by atoms with Crippen molar-refractivity contribution in [1.82, 2.24) is 15.3 Å². The summed E-state index contributed by atoms with van der Waals surface area (Å²) in [4.78, 5) is 38.3. The highest BCUT2D eigenvalue weighted by atomic mass is 19.4. The maximum atomic E-state index is 14.8. The van der Waals surface area contributed by atoms with E-state index in [0.29, 0.717) is 44.3 Å². The number of anilines is 3. The first-order valence-corrected chi connectivity index (χ1v) is 13.7. The third-order valence-electron chi connectivity index (χ3n) is 8.36. The lowest BCUT2D eigenvalue weighted by atomic mass is 9.68. The van der Waals surface area contributed by atoms with Gasteiger partial charge in [-0.25, -0.2) is 9.69 Å². The number of benzene rings is 3. The van der Waals surface area contributed by atoms with E-state index in [1.54, 1.807) is 60.9 Å². The van der Waals surface area contributed by atoms with Gasteiger partial charge in [0.15, 0.2) is 0 Å². The average molecular weight is 601 g/mol. The van der Waals surface area contributed by atoms with Crippen LogP contribution in [0.2, 0.25) is 0 Å². The molecule has 3 aromatic carbocycles. The number of amides is 3. The molecule has 0 spiro atoms. The summed E-state index contributed by atoms with van der Waals surface area (Å²) in [5.41, 5.74) is 14.8. The molecule has 6 rings (SSSR count). The standard InChI is InChI=1S/C32H27F3N6O3/c1-17(21-13-15-38-25-7-3-5-23(36)27(21)25)31(18(2)22-14-16-39-26-8-4-6-24(37)28(22)26)29(42)41(30(43)40-31)19-9-11-20(12-10-19)44-32(33,34)35/h3-18H,36-37H2,1-2H3,(H,40,43). The molecule has 1 saturated heterocycles. The number of rotatable bonds is 6. The van der Waals surface area contributed by atoms with Gasteiger partial charge in [-0.3, -0.25) is 14.8 Å². The van der Waals surface area contributed by atoms with E-state index in [9.17, 15) is 22.8 Å². The van der Waals surface area contributed by atoms with Crippen LogP contribution >= 0.6 is 0 Å². The molecule has 5 N–H and O–H groups in total. The Kier molecular flexibility index (Phi) is 6.79. The van der Waals surface area contributed by atoms with Gasteiger partial charge in [0.2, 0.25) is 0 Å². The SMILES string of the molecule is CC(c1ccnc2cccc(N)c12)C1(C(C)c2ccnc3cccc(N)c23)NC(=O)N(c2ccc(OC(F)(F)F)cc2)C1=O. The summed E-state index contributed by atoms with van der Waals surface area (Å²) in [6.07, 6.45) is -1.67. The number of nitrogens with two attached hydrogens (primary N) is 2. The minimum absolute atomic E-state index is 0.0708. The fourth-order valence-electron chi connectivity index (χ4n) is 6.29. The highest BCUT2D eigenvalue weighted by Gasteiger charge is 2.59. The van der Waals surface area contributed by atoms with Gasteiger partial charge in [0.1, 0.15) is 11.3 Å². The van der Waals surface area contributed by atoms with Crippen molar-refractivity contribution in [2.75, 3.05) is 16.4 Å². The lowest BCUT2D eigenvalue weighted by Gasteiger charge is -2.39. The van der Waals surface area contributed by atoms with Crippen molar-refractivity contribution in [3.8, 4) is 5.75 Å². The second kappa shape index (κ2) is 10.4. The van der Waals surface area contributed by atoms with Crippen LogP contribution in [-0.2, 0) is 4.79 Å². The van der Waals surface area contributed by atoms with Gasteiger partial charge in [0.05, 0.1) is 16.7 Å². The summed E-state index contributed by atoms with van der Waals surface area (Å²) < 4.78 is 42.3. The van der Waals surface area contributed by atoms with E-state index >= 15 is 0 Å². The minimum atomic E-state index is -4.90. The summed E-state index contributed by atoms with van der Waals surface area (Å²) in [5, 5.41) is 4.27. The van der Waals surface area contributed by atoms with Crippen molar-refractivity contribution in [2.45, 2.75) is 37.6 Å². The highest BCUT2D eigenvalue weighted by Crippen LogP contribution is 2.48. The number of imide groups is 1. The molecule has 44 heavy (non-hydrogen) atoms. The van der Waals surface area contributed by atoms with Crippen LogP contribution in [0.3, 0.4) is 0 Å². The number of halogens is 3. The van der Waals surface area contributed by atoms with Gasteiger partial charge in [-0.15, -0.1) is 13.2 Å². The van der Waals surface area contributed by atoms with Gasteiger partial charge in [0, 0.05) is 46.4 Å². The second-order valence-corrected chi connectivity index (χ2v) is 10.7. The number of fused-ring (bicyclic) bond motifs is 2. The van der Waals surface area contributed by atoms with Crippen molar-refractivity contribution >= 4 is 50.8 Å². The monoisotopic (exact) mass is 600 g/mol. The van der Waals surface area contributed by atoms with Crippen molar-refractivity contribution in [1.29, 1.82) is 0 Å². The number of hydrogen-bond acceptors (Lipinski definition) is 7. The smallest absolute Gasteiger partial charge is 0.406 e. The number of ether oxygens (including phenoxy) is 1. The van der Waals surface area contributed by atoms with Crippen molar-refractivity contribution in [3.63, 3.8) is 0 Å². The number of urea groups is 1. The number of nitrogen functional groups attached to an aromatic ring is 2. The van der Waals surface area contributed by atoms with Gasteiger partial charge in [-0.2, -0.15) is 0 Å². The van der Waals surface area contributed by atoms with Gasteiger partial charge in [0.25, 0.3) is 5.91 Å². The van der Waals surface area contributed by atoms with E-state index in [-0.39, 0.29) is 5.69 Å². The van der Waals surface area contributed by atoms with Crippen molar-refractivity contribution < 1.29 is 27.5 Å². The number of aromatic nitrogens is 2. The van der Waals surface area contributed by atoms with Crippen molar-refractivity contribution in [3.05, 3.63) is 96.3 Å². The zero-order valence-electron chi connectivity index (χ0n) is 23.6. The van der Waals surface area contributed by atoms with E-state index in [0.717, 1.165) is 17.0 Å². The number of pyridine rings is 2. The molecule has 2 atom stereocenters.